The molecule has 0 fully saturated rings. The molecule has 1 atom stereocenters. The van der Waals surface area contributed by atoms with Crippen molar-refractivity contribution in [3.63, 3.8) is 0 Å². The maximum atomic E-state index is 12.8. The Bertz CT molecular complexity index is 1270. The highest BCUT2D eigenvalue weighted by Gasteiger charge is 2.23. The van der Waals surface area contributed by atoms with Crippen molar-refractivity contribution in [1.29, 1.82) is 0 Å². The van der Waals surface area contributed by atoms with E-state index in [0.29, 0.717) is 18.0 Å². The molecule has 158 valence electrons. The standard InChI is InChI=1S/C20H23N5O5/c1-5-29-15-7-12-6-11(2)30-14(12)8-13(15)22-16(26)9-25-10-21-18-17(25)19(27)24(4)20(28)23(18)3/h7-8,10-11H,5-6,9H2,1-4H3,(H,22,26)/t11-/m1/s1. The van der Waals surface area contributed by atoms with Gasteiger partial charge in [0.1, 0.15) is 24.1 Å². The monoisotopic (exact) mass is 413 g/mol. The maximum absolute atomic E-state index is 12.8. The zero-order valence-electron chi connectivity index (χ0n) is 17.3. The van der Waals surface area contributed by atoms with Crippen LogP contribution in [0.2, 0.25) is 0 Å². The lowest BCUT2D eigenvalue weighted by Crippen LogP contribution is -2.37. The van der Waals surface area contributed by atoms with Gasteiger partial charge < -0.3 is 19.4 Å². The molecule has 1 N–H and O–H groups in total. The van der Waals surface area contributed by atoms with Gasteiger partial charge in [0.2, 0.25) is 5.91 Å². The van der Waals surface area contributed by atoms with Crippen molar-refractivity contribution in [3.8, 4) is 11.5 Å². The molecule has 1 amide bonds. The Hall–Kier alpha value is -3.56. The van der Waals surface area contributed by atoms with Crippen LogP contribution in [0.5, 0.6) is 11.5 Å². The lowest BCUT2D eigenvalue weighted by Gasteiger charge is -2.14. The minimum atomic E-state index is -0.506. The van der Waals surface area contributed by atoms with Crippen LogP contribution in [0.1, 0.15) is 19.4 Å². The van der Waals surface area contributed by atoms with Gasteiger partial charge in [0.15, 0.2) is 11.2 Å². The molecule has 0 bridgehead atoms. The summed E-state index contributed by atoms with van der Waals surface area (Å²) in [5, 5.41) is 2.83. The van der Waals surface area contributed by atoms with E-state index in [1.54, 1.807) is 6.07 Å². The zero-order chi connectivity index (χ0) is 21.6. The van der Waals surface area contributed by atoms with Crippen LogP contribution < -0.4 is 26.0 Å². The normalized spacial score (nSPS) is 15.1. The number of aryl methyl sites for hydroxylation is 1. The van der Waals surface area contributed by atoms with Crippen molar-refractivity contribution < 1.29 is 14.3 Å². The second-order valence-corrected chi connectivity index (χ2v) is 7.32. The van der Waals surface area contributed by atoms with E-state index in [0.717, 1.165) is 22.3 Å². The summed E-state index contributed by atoms with van der Waals surface area (Å²) in [6.45, 7) is 4.16. The number of carbonyl (C=O) groups is 1. The second-order valence-electron chi connectivity index (χ2n) is 7.32. The summed E-state index contributed by atoms with van der Waals surface area (Å²) >= 11 is 0. The van der Waals surface area contributed by atoms with E-state index in [1.807, 2.05) is 19.9 Å². The number of anilines is 1. The molecular weight excluding hydrogens is 390 g/mol. The van der Waals surface area contributed by atoms with Crippen LogP contribution in [0.15, 0.2) is 28.0 Å². The number of nitrogens with zero attached hydrogens (tertiary/aromatic N) is 4. The van der Waals surface area contributed by atoms with Gasteiger partial charge in [0.05, 0.1) is 18.6 Å². The molecule has 0 saturated carbocycles. The lowest BCUT2D eigenvalue weighted by molar-refractivity contribution is -0.116. The van der Waals surface area contributed by atoms with Crippen LogP contribution in [0.4, 0.5) is 5.69 Å². The van der Waals surface area contributed by atoms with E-state index in [9.17, 15) is 14.4 Å². The van der Waals surface area contributed by atoms with Gasteiger partial charge in [-0.05, 0) is 19.9 Å². The Morgan fingerprint density at radius 3 is 2.80 bits per heavy atom. The molecule has 4 rings (SSSR count). The summed E-state index contributed by atoms with van der Waals surface area (Å²) in [7, 11) is 2.92. The Morgan fingerprint density at radius 1 is 1.30 bits per heavy atom. The summed E-state index contributed by atoms with van der Waals surface area (Å²) in [5.74, 6) is 0.923. The molecule has 10 nitrogen and oxygen atoms in total. The average molecular weight is 413 g/mol. The van der Waals surface area contributed by atoms with Gasteiger partial charge in [-0.3, -0.25) is 18.7 Å². The summed E-state index contributed by atoms with van der Waals surface area (Å²) in [6, 6.07) is 3.65. The number of hydrogen-bond donors (Lipinski definition) is 1. The molecule has 2 aromatic heterocycles. The fraction of sp³-hybridized carbons (Fsp3) is 0.400. The molecule has 1 aliphatic heterocycles. The topological polar surface area (TPSA) is 109 Å². The van der Waals surface area contributed by atoms with E-state index >= 15 is 0 Å². The number of amides is 1. The minimum absolute atomic E-state index is 0.0700. The average Bonchev–Trinajstić information content (AvgIpc) is 3.27. The number of nitrogens with one attached hydrogen (secondary N) is 1. The van der Waals surface area contributed by atoms with E-state index in [-0.39, 0.29) is 29.7 Å². The zero-order valence-corrected chi connectivity index (χ0v) is 17.3. The molecule has 0 unspecified atom stereocenters. The minimum Gasteiger partial charge on any atom is -0.492 e. The molecule has 1 aliphatic rings. The molecule has 0 radical (unpaired) electrons. The predicted molar refractivity (Wildman–Crippen MR) is 110 cm³/mol. The number of benzene rings is 1. The van der Waals surface area contributed by atoms with Gasteiger partial charge >= 0.3 is 5.69 Å². The second kappa shape index (κ2) is 7.36. The third-order valence-corrected chi connectivity index (χ3v) is 5.10. The third-order valence-electron chi connectivity index (χ3n) is 5.10. The van der Waals surface area contributed by atoms with E-state index in [1.165, 1.54) is 29.6 Å². The van der Waals surface area contributed by atoms with Crippen molar-refractivity contribution in [2.45, 2.75) is 32.9 Å². The van der Waals surface area contributed by atoms with Gasteiger partial charge in [0.25, 0.3) is 5.56 Å². The smallest absolute Gasteiger partial charge is 0.332 e. The van der Waals surface area contributed by atoms with Crippen LogP contribution >= 0.6 is 0 Å². The number of imidazole rings is 1. The van der Waals surface area contributed by atoms with Gasteiger partial charge in [-0.15, -0.1) is 0 Å². The number of carbonyl (C=O) groups excluding carboxylic acids is 1. The van der Waals surface area contributed by atoms with E-state index in [4.69, 9.17) is 9.47 Å². The quantitative estimate of drug-likeness (QED) is 0.663. The molecule has 0 saturated heterocycles. The summed E-state index contributed by atoms with van der Waals surface area (Å²) in [6.07, 6.45) is 2.23. The summed E-state index contributed by atoms with van der Waals surface area (Å²) in [4.78, 5) is 41.5. The molecule has 10 heteroatoms. The Labute approximate surface area is 171 Å². The third kappa shape index (κ3) is 3.23. The molecule has 30 heavy (non-hydrogen) atoms. The molecular formula is C20H23N5O5. The first-order valence-electron chi connectivity index (χ1n) is 9.67. The van der Waals surface area contributed by atoms with Gasteiger partial charge in [-0.1, -0.05) is 0 Å². The molecule has 3 aromatic rings. The maximum Gasteiger partial charge on any atom is 0.332 e. The molecule has 1 aromatic carbocycles. The van der Waals surface area contributed by atoms with Gasteiger partial charge in [-0.25, -0.2) is 9.78 Å². The van der Waals surface area contributed by atoms with Gasteiger partial charge in [0, 0.05) is 32.1 Å². The highest BCUT2D eigenvalue weighted by Crippen LogP contribution is 2.38. The fourth-order valence-corrected chi connectivity index (χ4v) is 3.67. The first-order chi connectivity index (χ1) is 14.3. The summed E-state index contributed by atoms with van der Waals surface area (Å²) in [5.41, 5.74) is 0.967. The first kappa shape index (κ1) is 19.7. The van der Waals surface area contributed by atoms with Gasteiger partial charge in [-0.2, -0.15) is 0 Å². The van der Waals surface area contributed by atoms with Crippen LogP contribution in [0.3, 0.4) is 0 Å². The Morgan fingerprint density at radius 2 is 2.07 bits per heavy atom. The van der Waals surface area contributed by atoms with Crippen molar-refractivity contribution >= 4 is 22.8 Å². The molecule has 0 aliphatic carbocycles. The highest BCUT2D eigenvalue weighted by molar-refractivity contribution is 5.93. The number of hydrogen-bond acceptors (Lipinski definition) is 6. The fourth-order valence-electron chi connectivity index (χ4n) is 3.67. The SMILES string of the molecule is CCOc1cc2c(cc1NC(=O)Cn1cnc3c1c(=O)n(C)c(=O)n3C)O[C@H](C)C2. The lowest BCUT2D eigenvalue weighted by atomic mass is 10.1. The van der Waals surface area contributed by atoms with Crippen LogP contribution in [-0.4, -0.2) is 37.3 Å². The first-order valence-corrected chi connectivity index (χ1v) is 9.67. The number of rotatable bonds is 5. The predicted octanol–water partition coefficient (Wildman–Crippen LogP) is 0.794. The van der Waals surface area contributed by atoms with Crippen molar-refractivity contribution in [2.24, 2.45) is 14.1 Å². The largest absolute Gasteiger partial charge is 0.492 e. The summed E-state index contributed by atoms with van der Waals surface area (Å²) < 4.78 is 15.2. The van der Waals surface area contributed by atoms with Crippen LogP contribution in [0, 0.1) is 0 Å². The van der Waals surface area contributed by atoms with E-state index < -0.39 is 11.2 Å². The van der Waals surface area contributed by atoms with E-state index in [2.05, 4.69) is 10.3 Å². The van der Waals surface area contributed by atoms with Crippen LogP contribution in [0.25, 0.3) is 11.2 Å². The number of aromatic nitrogens is 4. The molecule has 0 spiro atoms. The number of ether oxygens (including phenoxy) is 2. The van der Waals surface area contributed by atoms with Crippen molar-refractivity contribution in [1.82, 2.24) is 18.7 Å². The Kier molecular flexibility index (Phi) is 4.84. The number of fused-ring (bicyclic) bond motifs is 2. The van der Waals surface area contributed by atoms with Crippen LogP contribution in [-0.2, 0) is 31.9 Å². The Balaban J connectivity index is 1.64. The van der Waals surface area contributed by atoms with Crippen molar-refractivity contribution in [2.75, 3.05) is 11.9 Å². The highest BCUT2D eigenvalue weighted by atomic mass is 16.5. The molecule has 3 heterocycles. The van der Waals surface area contributed by atoms with Crippen molar-refractivity contribution in [3.05, 3.63) is 44.9 Å².